The first kappa shape index (κ1) is 19.9. The Morgan fingerprint density at radius 1 is 1.31 bits per heavy atom. The highest BCUT2D eigenvalue weighted by molar-refractivity contribution is 5.79. The van der Waals surface area contributed by atoms with Crippen molar-refractivity contribution in [3.05, 3.63) is 35.4 Å². The second-order valence-corrected chi connectivity index (χ2v) is 8.84. The summed E-state index contributed by atoms with van der Waals surface area (Å²) in [4.78, 5) is 24.5. The summed E-state index contributed by atoms with van der Waals surface area (Å²) in [5.41, 5.74) is 3.24. The van der Waals surface area contributed by atoms with Crippen LogP contribution in [0.3, 0.4) is 0 Å². The molecule has 1 aliphatic heterocycles. The van der Waals surface area contributed by atoms with Crippen molar-refractivity contribution in [3.63, 3.8) is 0 Å². The number of carbonyl (C=O) groups is 1. The highest BCUT2D eigenvalue weighted by Gasteiger charge is 2.28. The number of rotatable bonds is 5. The minimum atomic E-state index is -0.00501. The summed E-state index contributed by atoms with van der Waals surface area (Å²) < 4.78 is 1.88. The number of nitrogens with one attached hydrogen (secondary N) is 1. The van der Waals surface area contributed by atoms with Gasteiger partial charge in [-0.3, -0.25) is 9.48 Å². The molecule has 1 fully saturated rings. The van der Waals surface area contributed by atoms with Crippen molar-refractivity contribution in [2.45, 2.75) is 65.5 Å². The number of amides is 1. The van der Waals surface area contributed by atoms with Gasteiger partial charge < -0.3 is 10.2 Å². The Bertz CT molecular complexity index is 855. The van der Waals surface area contributed by atoms with Crippen LogP contribution in [0.2, 0.25) is 0 Å². The fourth-order valence-corrected chi connectivity index (χ4v) is 4.33. The molecule has 0 spiro atoms. The van der Waals surface area contributed by atoms with Crippen LogP contribution in [0.5, 0.6) is 0 Å². The first-order chi connectivity index (χ1) is 14.0. The lowest BCUT2D eigenvalue weighted by Gasteiger charge is -2.31. The second-order valence-electron chi connectivity index (χ2n) is 8.84. The topological polar surface area (TPSA) is 75.9 Å². The van der Waals surface area contributed by atoms with Gasteiger partial charge in [-0.05, 0) is 63.5 Å². The van der Waals surface area contributed by atoms with Gasteiger partial charge in [-0.15, -0.1) is 0 Å². The van der Waals surface area contributed by atoms with E-state index in [1.807, 2.05) is 37.0 Å². The molecule has 0 aromatic carbocycles. The monoisotopic (exact) mass is 396 g/mol. The summed E-state index contributed by atoms with van der Waals surface area (Å²) in [6, 6.07) is 2.02. The van der Waals surface area contributed by atoms with Crippen LogP contribution in [0.15, 0.2) is 18.5 Å². The number of hydrogen-bond donors (Lipinski definition) is 1. The molecule has 29 heavy (non-hydrogen) atoms. The number of aromatic nitrogens is 4. The average Bonchev–Trinajstić information content (AvgIpc) is 3.12. The Labute approximate surface area is 172 Å². The maximum absolute atomic E-state index is 12.8. The molecule has 1 N–H and O–H groups in total. The largest absolute Gasteiger partial charge is 0.352 e. The highest BCUT2D eigenvalue weighted by atomic mass is 16.1. The zero-order valence-electron chi connectivity index (χ0n) is 17.8. The number of hydrogen-bond acceptors (Lipinski definition) is 5. The molecule has 0 radical (unpaired) electrons. The summed E-state index contributed by atoms with van der Waals surface area (Å²) in [5, 5.41) is 7.55. The molecule has 156 valence electrons. The minimum Gasteiger partial charge on any atom is -0.352 e. The Morgan fingerprint density at radius 2 is 2.10 bits per heavy atom. The highest BCUT2D eigenvalue weighted by Crippen LogP contribution is 2.27. The summed E-state index contributed by atoms with van der Waals surface area (Å²) in [7, 11) is 0. The Kier molecular flexibility index (Phi) is 5.83. The molecule has 2 aromatic heterocycles. The lowest BCUT2D eigenvalue weighted by Crippen LogP contribution is -2.41. The summed E-state index contributed by atoms with van der Waals surface area (Å²) in [6.07, 6.45) is 8.74. The summed E-state index contributed by atoms with van der Waals surface area (Å²) in [6.45, 7) is 9.08. The molecule has 4 rings (SSSR count). The van der Waals surface area contributed by atoms with Gasteiger partial charge in [0.15, 0.2) is 0 Å². The third-order valence-electron chi connectivity index (χ3n) is 6.20. The van der Waals surface area contributed by atoms with E-state index in [9.17, 15) is 4.79 Å². The van der Waals surface area contributed by atoms with E-state index in [0.29, 0.717) is 6.54 Å². The zero-order valence-corrected chi connectivity index (χ0v) is 17.8. The predicted molar refractivity (Wildman–Crippen MR) is 113 cm³/mol. The van der Waals surface area contributed by atoms with Gasteiger partial charge in [-0.25, -0.2) is 9.97 Å². The van der Waals surface area contributed by atoms with Gasteiger partial charge in [0, 0.05) is 43.1 Å². The van der Waals surface area contributed by atoms with Crippen molar-refractivity contribution in [2.24, 2.45) is 11.8 Å². The van der Waals surface area contributed by atoms with Crippen LogP contribution in [0.25, 0.3) is 0 Å². The predicted octanol–water partition coefficient (Wildman–Crippen LogP) is 2.53. The molecule has 3 heterocycles. The van der Waals surface area contributed by atoms with E-state index in [2.05, 4.69) is 27.2 Å². The molecule has 0 bridgehead atoms. The summed E-state index contributed by atoms with van der Waals surface area (Å²) in [5.74, 6) is 1.78. The van der Waals surface area contributed by atoms with E-state index in [1.54, 1.807) is 0 Å². The lowest BCUT2D eigenvalue weighted by atomic mass is 9.86. The molecule has 7 heteroatoms. The van der Waals surface area contributed by atoms with Crippen LogP contribution in [0.4, 0.5) is 5.95 Å². The van der Waals surface area contributed by atoms with Gasteiger partial charge in [0.2, 0.25) is 11.9 Å². The fourth-order valence-electron chi connectivity index (χ4n) is 4.33. The third kappa shape index (κ3) is 4.77. The van der Waals surface area contributed by atoms with Gasteiger partial charge in [-0.1, -0.05) is 6.92 Å². The SMILES string of the molecule is Cc1ccn(C[C@@H](C)NC(=O)[C@H]2CCc3nc(N4CCC(C)CC4)ncc3C2)n1. The average molecular weight is 397 g/mol. The maximum Gasteiger partial charge on any atom is 0.225 e. The zero-order chi connectivity index (χ0) is 20.4. The quantitative estimate of drug-likeness (QED) is 0.840. The van der Waals surface area contributed by atoms with Crippen LogP contribution >= 0.6 is 0 Å². The number of anilines is 1. The van der Waals surface area contributed by atoms with Crippen LogP contribution < -0.4 is 10.2 Å². The van der Waals surface area contributed by atoms with Crippen LogP contribution in [-0.4, -0.2) is 44.8 Å². The summed E-state index contributed by atoms with van der Waals surface area (Å²) >= 11 is 0. The second kappa shape index (κ2) is 8.51. The molecular formula is C22H32N6O. The molecular weight excluding hydrogens is 364 g/mol. The van der Waals surface area contributed by atoms with Crippen molar-refractivity contribution in [1.29, 1.82) is 0 Å². The first-order valence-electron chi connectivity index (χ1n) is 10.9. The van der Waals surface area contributed by atoms with Crippen LogP contribution in [-0.2, 0) is 24.2 Å². The minimum absolute atomic E-state index is 0.00501. The van der Waals surface area contributed by atoms with E-state index in [-0.39, 0.29) is 17.9 Å². The lowest BCUT2D eigenvalue weighted by molar-refractivity contribution is -0.126. The third-order valence-corrected chi connectivity index (χ3v) is 6.20. The molecule has 0 unspecified atom stereocenters. The van der Waals surface area contributed by atoms with Gasteiger partial charge in [0.25, 0.3) is 0 Å². The number of aryl methyl sites for hydroxylation is 2. The van der Waals surface area contributed by atoms with Gasteiger partial charge >= 0.3 is 0 Å². The van der Waals surface area contributed by atoms with Crippen LogP contribution in [0.1, 0.15) is 50.1 Å². The molecule has 1 amide bonds. The number of carbonyl (C=O) groups excluding carboxylic acids is 1. The molecule has 7 nitrogen and oxygen atoms in total. The Morgan fingerprint density at radius 3 is 2.83 bits per heavy atom. The molecule has 2 aromatic rings. The first-order valence-corrected chi connectivity index (χ1v) is 10.9. The van der Waals surface area contributed by atoms with Gasteiger partial charge in [-0.2, -0.15) is 5.10 Å². The normalized spacial score (nSPS) is 20.9. The smallest absolute Gasteiger partial charge is 0.225 e. The van der Waals surface area contributed by atoms with Crippen molar-refractivity contribution in [1.82, 2.24) is 25.1 Å². The van der Waals surface area contributed by atoms with E-state index in [0.717, 1.165) is 61.2 Å². The van der Waals surface area contributed by atoms with E-state index >= 15 is 0 Å². The molecule has 1 aliphatic carbocycles. The van der Waals surface area contributed by atoms with Crippen LogP contribution in [0, 0.1) is 18.8 Å². The number of nitrogens with zero attached hydrogens (tertiary/aromatic N) is 5. The van der Waals surface area contributed by atoms with E-state index in [4.69, 9.17) is 4.98 Å². The number of piperidine rings is 1. The maximum atomic E-state index is 12.8. The van der Waals surface area contributed by atoms with Crippen molar-refractivity contribution < 1.29 is 4.79 Å². The van der Waals surface area contributed by atoms with E-state index < -0.39 is 0 Å². The number of fused-ring (bicyclic) bond motifs is 1. The Balaban J connectivity index is 1.34. The molecule has 2 aliphatic rings. The van der Waals surface area contributed by atoms with Gasteiger partial charge in [0.05, 0.1) is 12.2 Å². The van der Waals surface area contributed by atoms with Crippen molar-refractivity contribution in [2.75, 3.05) is 18.0 Å². The molecule has 1 saturated heterocycles. The van der Waals surface area contributed by atoms with E-state index in [1.165, 1.54) is 12.8 Å². The molecule has 2 atom stereocenters. The molecule has 0 saturated carbocycles. The van der Waals surface area contributed by atoms with Crippen molar-refractivity contribution in [3.8, 4) is 0 Å². The standard InChI is InChI=1S/C22H32N6O/c1-15-6-9-27(10-7-15)22-23-13-19-12-18(4-5-20(19)25-22)21(29)24-17(3)14-28-11-8-16(2)26-28/h8,11,13,15,17-18H,4-7,9-10,12,14H2,1-3H3,(H,24,29)/t17-,18+/m1/s1. The van der Waals surface area contributed by atoms with Gasteiger partial charge in [0.1, 0.15) is 0 Å². The Hall–Kier alpha value is -2.44. The fraction of sp³-hybridized carbons (Fsp3) is 0.636. The van der Waals surface area contributed by atoms with Crippen molar-refractivity contribution >= 4 is 11.9 Å².